The van der Waals surface area contributed by atoms with E-state index in [1.807, 2.05) is 30.2 Å². The fourth-order valence-corrected chi connectivity index (χ4v) is 3.55. The molecule has 0 bridgehead atoms. The second kappa shape index (κ2) is 8.07. The van der Waals surface area contributed by atoms with Crippen LogP contribution in [0.5, 0.6) is 0 Å². The third kappa shape index (κ3) is 3.92. The fourth-order valence-electron chi connectivity index (χ4n) is 3.55. The molecule has 5 nitrogen and oxygen atoms in total. The van der Waals surface area contributed by atoms with Gasteiger partial charge in [-0.15, -0.1) is 0 Å². The average molecular weight is 379 g/mol. The van der Waals surface area contributed by atoms with Crippen LogP contribution >= 0.6 is 0 Å². The van der Waals surface area contributed by atoms with Gasteiger partial charge < -0.3 is 9.41 Å². The average Bonchev–Trinajstić information content (AvgIpc) is 3.17. The van der Waals surface area contributed by atoms with E-state index in [0.717, 1.165) is 28.8 Å². The van der Waals surface area contributed by atoms with Crippen molar-refractivity contribution in [2.45, 2.75) is 13.3 Å². The fraction of sp³-hybridized carbons (Fsp3) is 0.167. The lowest BCUT2D eigenvalue weighted by Gasteiger charge is -2.12. The van der Waals surface area contributed by atoms with E-state index in [-0.39, 0.29) is 0 Å². The van der Waals surface area contributed by atoms with Crippen LogP contribution in [0.25, 0.3) is 39.0 Å². The van der Waals surface area contributed by atoms with Crippen LogP contribution in [0.2, 0.25) is 0 Å². The van der Waals surface area contributed by atoms with Crippen LogP contribution < -0.4 is 0 Å². The van der Waals surface area contributed by atoms with E-state index in [2.05, 4.69) is 63.4 Å². The second-order valence-corrected chi connectivity index (χ2v) is 7.10. The normalized spacial score (nSPS) is 11.2. The molecule has 2 aromatic carbocycles. The highest BCUT2D eigenvalue weighted by Crippen LogP contribution is 2.31. The summed E-state index contributed by atoms with van der Waals surface area (Å²) < 4.78 is 2.03. The molecule has 4 rings (SSSR count). The predicted octanol–water partition coefficient (Wildman–Crippen LogP) is 4.97. The molecule has 0 spiro atoms. The summed E-state index contributed by atoms with van der Waals surface area (Å²) in [4.78, 5) is 7.79. The highest BCUT2D eigenvalue weighted by molar-refractivity contribution is 5.97. The van der Waals surface area contributed by atoms with Crippen molar-refractivity contribution in [1.82, 2.24) is 19.7 Å². The minimum atomic E-state index is 0.507. The molecule has 0 amide bonds. The summed E-state index contributed by atoms with van der Waals surface area (Å²) in [5.74, 6) is 0. The van der Waals surface area contributed by atoms with E-state index in [1.165, 1.54) is 21.9 Å². The number of hydrogen-bond donors (Lipinski definition) is 0. The standard InChI is InChI=1S/C24H21N5/c1-17-10-21-12-22(24-15-26-16-29(24)3)11-20(5-4-18-6-9-27-28-14-18)23(21)13-19(17)7-8-25-2/h4-6,9-16H,7-8H2,1,3H3. The Morgan fingerprint density at radius 3 is 2.72 bits per heavy atom. The van der Waals surface area contributed by atoms with E-state index in [4.69, 9.17) is 6.57 Å². The monoisotopic (exact) mass is 379 g/mol. The van der Waals surface area contributed by atoms with Gasteiger partial charge in [-0.2, -0.15) is 10.2 Å². The molecule has 0 saturated carbocycles. The van der Waals surface area contributed by atoms with Crippen LogP contribution in [-0.4, -0.2) is 26.3 Å². The molecule has 0 N–H and O–H groups in total. The Morgan fingerprint density at radius 2 is 2.00 bits per heavy atom. The van der Waals surface area contributed by atoms with Gasteiger partial charge >= 0.3 is 0 Å². The third-order valence-corrected chi connectivity index (χ3v) is 5.11. The van der Waals surface area contributed by atoms with Crippen molar-refractivity contribution in [1.29, 1.82) is 0 Å². The number of benzene rings is 2. The molecule has 29 heavy (non-hydrogen) atoms. The molecule has 0 aliphatic heterocycles. The summed E-state index contributed by atoms with van der Waals surface area (Å²) in [7, 11) is 2.00. The zero-order chi connectivity index (χ0) is 20.2. The first kappa shape index (κ1) is 18.6. The lowest BCUT2D eigenvalue weighted by Crippen LogP contribution is -1.95. The summed E-state index contributed by atoms with van der Waals surface area (Å²) in [6.07, 6.45) is 12.1. The topological polar surface area (TPSA) is 48.0 Å². The Balaban J connectivity index is 1.89. The number of rotatable bonds is 5. The summed E-state index contributed by atoms with van der Waals surface area (Å²) in [5, 5.41) is 10.1. The molecular weight excluding hydrogens is 358 g/mol. The first-order chi connectivity index (χ1) is 14.2. The molecule has 142 valence electrons. The van der Waals surface area contributed by atoms with Crippen molar-refractivity contribution in [3.05, 3.63) is 88.9 Å². The summed E-state index contributed by atoms with van der Waals surface area (Å²) >= 11 is 0. The Bertz CT molecular complexity index is 1230. The number of fused-ring (bicyclic) bond motifs is 1. The minimum Gasteiger partial charge on any atom is -0.334 e. The first-order valence-corrected chi connectivity index (χ1v) is 9.47. The van der Waals surface area contributed by atoms with Gasteiger partial charge in [0.25, 0.3) is 0 Å². The Labute approximate surface area is 170 Å². The molecule has 0 radical (unpaired) electrons. The SMILES string of the molecule is [C-]#[N+]CCc1cc2c(C=Cc3ccnnc3)cc(-c3cncn3C)cc2cc1C. The number of aromatic nitrogens is 4. The number of hydrogen-bond acceptors (Lipinski definition) is 3. The summed E-state index contributed by atoms with van der Waals surface area (Å²) in [6, 6.07) is 10.8. The van der Waals surface area contributed by atoms with Gasteiger partial charge in [0, 0.05) is 19.0 Å². The largest absolute Gasteiger partial charge is 0.334 e. The van der Waals surface area contributed by atoms with Crippen molar-refractivity contribution in [2.75, 3.05) is 6.54 Å². The van der Waals surface area contributed by atoms with Gasteiger partial charge in [0.1, 0.15) is 0 Å². The maximum absolute atomic E-state index is 7.11. The molecule has 2 aromatic heterocycles. The van der Waals surface area contributed by atoms with Crippen LogP contribution in [-0.2, 0) is 13.5 Å². The van der Waals surface area contributed by atoms with Crippen molar-refractivity contribution >= 4 is 22.9 Å². The van der Waals surface area contributed by atoms with Gasteiger partial charge in [-0.1, -0.05) is 24.3 Å². The highest BCUT2D eigenvalue weighted by Gasteiger charge is 2.10. The van der Waals surface area contributed by atoms with Crippen LogP contribution in [0.15, 0.2) is 55.2 Å². The molecule has 0 unspecified atom stereocenters. The highest BCUT2D eigenvalue weighted by atomic mass is 15.1. The van der Waals surface area contributed by atoms with Gasteiger partial charge in [0.15, 0.2) is 0 Å². The van der Waals surface area contributed by atoms with Crippen LogP contribution in [0.4, 0.5) is 0 Å². The van der Waals surface area contributed by atoms with Crippen molar-refractivity contribution < 1.29 is 0 Å². The zero-order valence-corrected chi connectivity index (χ0v) is 16.5. The van der Waals surface area contributed by atoms with E-state index in [1.54, 1.807) is 12.4 Å². The molecule has 4 aromatic rings. The van der Waals surface area contributed by atoms with Crippen molar-refractivity contribution in [3.63, 3.8) is 0 Å². The Kier molecular flexibility index (Phi) is 5.17. The van der Waals surface area contributed by atoms with Crippen LogP contribution in [0, 0.1) is 13.5 Å². The van der Waals surface area contributed by atoms with E-state index in [0.29, 0.717) is 6.54 Å². The van der Waals surface area contributed by atoms with E-state index >= 15 is 0 Å². The van der Waals surface area contributed by atoms with Gasteiger partial charge in [-0.25, -0.2) is 11.6 Å². The second-order valence-electron chi connectivity index (χ2n) is 7.10. The number of aryl methyl sites for hydroxylation is 2. The molecule has 0 saturated heterocycles. The Morgan fingerprint density at radius 1 is 1.10 bits per heavy atom. The molecule has 0 aliphatic carbocycles. The van der Waals surface area contributed by atoms with E-state index < -0.39 is 0 Å². The van der Waals surface area contributed by atoms with Crippen molar-refractivity contribution in [3.8, 4) is 11.3 Å². The molecule has 0 atom stereocenters. The summed E-state index contributed by atoms with van der Waals surface area (Å²) in [5.41, 5.74) is 6.76. The van der Waals surface area contributed by atoms with Gasteiger partial charge in [-0.05, 0) is 58.1 Å². The van der Waals surface area contributed by atoms with Gasteiger partial charge in [0.2, 0.25) is 6.54 Å². The number of imidazole rings is 1. The van der Waals surface area contributed by atoms with Crippen LogP contribution in [0.3, 0.4) is 0 Å². The number of nitrogens with zero attached hydrogens (tertiary/aromatic N) is 5. The van der Waals surface area contributed by atoms with Crippen molar-refractivity contribution in [2.24, 2.45) is 7.05 Å². The molecule has 0 aliphatic rings. The Hall–Kier alpha value is -3.78. The molecule has 2 heterocycles. The van der Waals surface area contributed by atoms with E-state index in [9.17, 15) is 0 Å². The van der Waals surface area contributed by atoms with Gasteiger partial charge in [-0.3, -0.25) is 0 Å². The molecular formula is C24H21N5. The maximum Gasteiger partial charge on any atom is 0.218 e. The smallest absolute Gasteiger partial charge is 0.218 e. The third-order valence-electron chi connectivity index (χ3n) is 5.11. The maximum atomic E-state index is 7.11. The quantitative estimate of drug-likeness (QED) is 0.460. The zero-order valence-electron chi connectivity index (χ0n) is 16.5. The first-order valence-electron chi connectivity index (χ1n) is 9.47. The minimum absolute atomic E-state index is 0.507. The lowest BCUT2D eigenvalue weighted by molar-refractivity contribution is 0.921. The van der Waals surface area contributed by atoms with Gasteiger partial charge in [0.05, 0.1) is 30.6 Å². The molecule has 5 heteroatoms. The summed E-state index contributed by atoms with van der Waals surface area (Å²) in [6.45, 7) is 9.74. The van der Waals surface area contributed by atoms with Crippen LogP contribution in [0.1, 0.15) is 22.3 Å². The lowest BCUT2D eigenvalue weighted by atomic mass is 9.93. The predicted molar refractivity (Wildman–Crippen MR) is 117 cm³/mol. The molecule has 0 fully saturated rings.